The molecule has 1 aromatic heterocycles. The highest BCUT2D eigenvalue weighted by molar-refractivity contribution is 5.92. The number of amides is 1. The maximum absolute atomic E-state index is 11.9. The van der Waals surface area contributed by atoms with E-state index in [2.05, 4.69) is 15.4 Å². The average Bonchev–Trinajstić information content (AvgIpc) is 2.96. The molecule has 1 N–H and O–H groups in total. The van der Waals surface area contributed by atoms with Gasteiger partial charge >= 0.3 is 0 Å². The van der Waals surface area contributed by atoms with Crippen molar-refractivity contribution in [3.8, 4) is 0 Å². The topological polar surface area (TPSA) is 80.3 Å². The molecule has 2 rings (SSSR count). The minimum absolute atomic E-state index is 0.0825. The summed E-state index contributed by atoms with van der Waals surface area (Å²) in [5.74, 6) is -0.157. The molecule has 2 atom stereocenters. The number of ether oxygens (including phenoxy) is 2. The van der Waals surface area contributed by atoms with Crippen LogP contribution in [0.4, 0.5) is 0 Å². The number of carbonyl (C=O) groups excluding carboxylic acids is 1. The highest BCUT2D eigenvalue weighted by Crippen LogP contribution is 2.17. The molecule has 7 heteroatoms. The Bertz CT molecular complexity index is 342. The molecule has 1 aliphatic rings. The summed E-state index contributed by atoms with van der Waals surface area (Å²) in [5, 5.41) is 9.77. The van der Waals surface area contributed by atoms with Crippen LogP contribution in [0.25, 0.3) is 0 Å². The fourth-order valence-electron chi connectivity index (χ4n) is 1.83. The van der Waals surface area contributed by atoms with Crippen LogP contribution in [0.5, 0.6) is 0 Å². The van der Waals surface area contributed by atoms with Crippen LogP contribution < -0.4 is 0 Å². The second-order valence-corrected chi connectivity index (χ2v) is 3.61. The van der Waals surface area contributed by atoms with Crippen LogP contribution in [0.2, 0.25) is 0 Å². The summed E-state index contributed by atoms with van der Waals surface area (Å²) in [6, 6.07) is 0. The Balaban J connectivity index is 2.05. The molecule has 0 saturated carbocycles. The first kappa shape index (κ1) is 11.0. The van der Waals surface area contributed by atoms with Crippen LogP contribution in [0.1, 0.15) is 10.5 Å². The fraction of sp³-hybridized carbons (Fsp3) is 0.667. The molecule has 1 saturated heterocycles. The third-order valence-corrected chi connectivity index (χ3v) is 2.74. The number of hydrogen-bond acceptors (Lipinski definition) is 5. The van der Waals surface area contributed by atoms with Crippen molar-refractivity contribution in [2.24, 2.45) is 0 Å². The van der Waals surface area contributed by atoms with Crippen LogP contribution in [0, 0.1) is 0 Å². The van der Waals surface area contributed by atoms with Gasteiger partial charge in [0.1, 0.15) is 12.2 Å². The summed E-state index contributed by atoms with van der Waals surface area (Å²) in [5.41, 5.74) is 0.312. The third-order valence-electron chi connectivity index (χ3n) is 2.74. The molecule has 2 unspecified atom stereocenters. The van der Waals surface area contributed by atoms with E-state index in [1.54, 1.807) is 19.1 Å². The van der Waals surface area contributed by atoms with Crippen LogP contribution in [-0.4, -0.2) is 65.7 Å². The Morgan fingerprint density at radius 2 is 2.06 bits per heavy atom. The predicted octanol–water partition coefficient (Wildman–Crippen LogP) is -0.709. The lowest BCUT2D eigenvalue weighted by atomic mass is 10.3. The van der Waals surface area contributed by atoms with Crippen molar-refractivity contribution in [2.45, 2.75) is 12.2 Å². The van der Waals surface area contributed by atoms with Crippen molar-refractivity contribution in [3.05, 3.63) is 11.9 Å². The van der Waals surface area contributed by atoms with Gasteiger partial charge in [0.05, 0.1) is 6.20 Å². The van der Waals surface area contributed by atoms with E-state index in [1.807, 2.05) is 0 Å². The maximum Gasteiger partial charge on any atom is 0.276 e. The Morgan fingerprint density at radius 1 is 1.44 bits per heavy atom. The number of rotatable bonds is 3. The van der Waals surface area contributed by atoms with Crippen molar-refractivity contribution in [1.82, 2.24) is 20.3 Å². The number of hydrogen-bond donors (Lipinski definition) is 1. The lowest BCUT2D eigenvalue weighted by Crippen LogP contribution is -2.30. The van der Waals surface area contributed by atoms with E-state index in [0.717, 1.165) is 0 Å². The van der Waals surface area contributed by atoms with Gasteiger partial charge in [0.2, 0.25) is 0 Å². The summed E-state index contributed by atoms with van der Waals surface area (Å²) in [7, 11) is 3.22. The molecule has 0 bridgehead atoms. The van der Waals surface area contributed by atoms with E-state index in [1.165, 1.54) is 6.20 Å². The Labute approximate surface area is 92.7 Å². The van der Waals surface area contributed by atoms with E-state index in [9.17, 15) is 4.79 Å². The maximum atomic E-state index is 11.9. The number of methoxy groups -OCH3 is 2. The Kier molecular flexibility index (Phi) is 3.16. The quantitative estimate of drug-likeness (QED) is 0.736. The van der Waals surface area contributed by atoms with Crippen LogP contribution in [0.3, 0.4) is 0 Å². The van der Waals surface area contributed by atoms with Gasteiger partial charge in [0.25, 0.3) is 5.91 Å². The van der Waals surface area contributed by atoms with Crippen molar-refractivity contribution in [3.63, 3.8) is 0 Å². The number of likely N-dealkylation sites (tertiary alicyclic amines) is 1. The SMILES string of the molecule is COC1CN(C(=O)c2cn[nH]n2)CC1OC. The zero-order valence-corrected chi connectivity index (χ0v) is 9.21. The molecule has 7 nitrogen and oxygen atoms in total. The van der Waals surface area contributed by atoms with E-state index >= 15 is 0 Å². The number of aromatic nitrogens is 3. The first-order valence-electron chi connectivity index (χ1n) is 4.97. The second-order valence-electron chi connectivity index (χ2n) is 3.61. The van der Waals surface area contributed by atoms with Gasteiger partial charge in [-0.3, -0.25) is 4.79 Å². The molecule has 88 valence electrons. The number of nitrogens with zero attached hydrogens (tertiary/aromatic N) is 3. The summed E-state index contributed by atoms with van der Waals surface area (Å²) in [4.78, 5) is 13.6. The number of H-pyrrole nitrogens is 1. The third kappa shape index (κ3) is 1.91. The molecule has 0 aromatic carbocycles. The molecule has 0 aliphatic carbocycles. The summed E-state index contributed by atoms with van der Waals surface area (Å²) >= 11 is 0. The first-order chi connectivity index (χ1) is 7.76. The molecular weight excluding hydrogens is 212 g/mol. The number of carbonyl (C=O) groups is 1. The van der Waals surface area contributed by atoms with Crippen molar-refractivity contribution < 1.29 is 14.3 Å². The summed E-state index contributed by atoms with van der Waals surface area (Å²) in [6.45, 7) is 1.03. The van der Waals surface area contributed by atoms with Gasteiger partial charge < -0.3 is 14.4 Å². The fourth-order valence-corrected chi connectivity index (χ4v) is 1.83. The summed E-state index contributed by atoms with van der Waals surface area (Å²) < 4.78 is 10.5. The van der Waals surface area contributed by atoms with Crippen LogP contribution in [-0.2, 0) is 9.47 Å². The first-order valence-corrected chi connectivity index (χ1v) is 4.97. The Hall–Kier alpha value is -1.47. The smallest absolute Gasteiger partial charge is 0.276 e. The molecule has 1 fully saturated rings. The van der Waals surface area contributed by atoms with E-state index < -0.39 is 0 Å². The van der Waals surface area contributed by atoms with Gasteiger partial charge in [0.15, 0.2) is 5.69 Å². The monoisotopic (exact) mass is 226 g/mol. The zero-order valence-electron chi connectivity index (χ0n) is 9.21. The highest BCUT2D eigenvalue weighted by Gasteiger charge is 2.36. The average molecular weight is 226 g/mol. The number of nitrogens with one attached hydrogen (secondary N) is 1. The van der Waals surface area contributed by atoms with E-state index in [0.29, 0.717) is 18.8 Å². The van der Waals surface area contributed by atoms with Gasteiger partial charge in [-0.25, -0.2) is 0 Å². The van der Waals surface area contributed by atoms with E-state index in [-0.39, 0.29) is 18.1 Å². The molecule has 1 amide bonds. The van der Waals surface area contributed by atoms with Gasteiger partial charge in [0, 0.05) is 27.3 Å². The lowest BCUT2D eigenvalue weighted by molar-refractivity contribution is -0.00461. The predicted molar refractivity (Wildman–Crippen MR) is 53.9 cm³/mol. The van der Waals surface area contributed by atoms with Gasteiger partial charge in [-0.05, 0) is 0 Å². The zero-order chi connectivity index (χ0) is 11.5. The molecule has 16 heavy (non-hydrogen) atoms. The van der Waals surface area contributed by atoms with Gasteiger partial charge in [-0.15, -0.1) is 0 Å². The lowest BCUT2D eigenvalue weighted by Gasteiger charge is -2.13. The van der Waals surface area contributed by atoms with Crippen LogP contribution >= 0.6 is 0 Å². The highest BCUT2D eigenvalue weighted by atomic mass is 16.5. The van der Waals surface area contributed by atoms with Crippen LogP contribution in [0.15, 0.2) is 6.20 Å². The minimum atomic E-state index is -0.157. The van der Waals surface area contributed by atoms with Gasteiger partial charge in [-0.1, -0.05) is 0 Å². The minimum Gasteiger partial charge on any atom is -0.377 e. The second kappa shape index (κ2) is 4.58. The molecule has 0 spiro atoms. The van der Waals surface area contributed by atoms with Gasteiger partial charge in [-0.2, -0.15) is 15.4 Å². The molecule has 1 aromatic rings. The Morgan fingerprint density at radius 3 is 2.50 bits per heavy atom. The number of aromatic amines is 1. The van der Waals surface area contributed by atoms with Crippen molar-refractivity contribution >= 4 is 5.91 Å². The molecule has 1 aliphatic heterocycles. The molecular formula is C9H14N4O3. The van der Waals surface area contributed by atoms with E-state index in [4.69, 9.17) is 9.47 Å². The summed E-state index contributed by atoms with van der Waals surface area (Å²) in [6.07, 6.45) is 1.24. The van der Waals surface area contributed by atoms with Crippen molar-refractivity contribution in [1.29, 1.82) is 0 Å². The van der Waals surface area contributed by atoms with Crippen molar-refractivity contribution in [2.75, 3.05) is 27.3 Å². The molecule has 2 heterocycles. The standard InChI is InChI=1S/C9H14N4O3/c1-15-7-4-13(5-8(7)16-2)9(14)6-3-10-12-11-6/h3,7-8H,4-5H2,1-2H3,(H,10,11,12). The largest absolute Gasteiger partial charge is 0.377 e. The normalized spacial score (nSPS) is 25.0. The molecule has 0 radical (unpaired) electrons.